The van der Waals surface area contributed by atoms with Gasteiger partial charge in [-0.15, -0.1) is 0 Å². The van der Waals surface area contributed by atoms with Crippen molar-refractivity contribution in [1.29, 1.82) is 0 Å². The second-order valence-corrected chi connectivity index (χ2v) is 9.65. The van der Waals surface area contributed by atoms with Crippen molar-refractivity contribution in [2.45, 2.75) is 43.4 Å². The number of rotatable bonds is 7. The van der Waals surface area contributed by atoms with Crippen LogP contribution in [0.4, 0.5) is 13.2 Å². The standard InChI is InChI=1S/C21H25F3N2O3S/c1-13(2)12-18(25)20(27)26-19(21(22,23)24)16-6-4-14(5-7-16)15-8-10-17(11-9-15)30(3,28)29/h4-11,13,18-19H,12,25H2,1-3H3,(H,26,27)/t18-,19-/m0/s1. The van der Waals surface area contributed by atoms with E-state index >= 15 is 0 Å². The summed E-state index contributed by atoms with van der Waals surface area (Å²) in [6, 6.07) is 8.39. The van der Waals surface area contributed by atoms with Crippen molar-refractivity contribution in [2.24, 2.45) is 11.7 Å². The molecule has 0 aliphatic rings. The van der Waals surface area contributed by atoms with E-state index in [1.165, 1.54) is 36.4 Å². The van der Waals surface area contributed by atoms with Crippen LogP contribution in [-0.4, -0.2) is 32.8 Å². The van der Waals surface area contributed by atoms with Crippen LogP contribution in [0.25, 0.3) is 11.1 Å². The first kappa shape index (κ1) is 23.9. The maximum absolute atomic E-state index is 13.6. The van der Waals surface area contributed by atoms with Crippen LogP contribution in [-0.2, 0) is 14.6 Å². The Hall–Kier alpha value is -2.39. The van der Waals surface area contributed by atoms with Crippen molar-refractivity contribution >= 4 is 15.7 Å². The van der Waals surface area contributed by atoms with Crippen molar-refractivity contribution in [2.75, 3.05) is 6.26 Å². The fourth-order valence-corrected chi connectivity index (χ4v) is 3.61. The molecule has 0 aromatic heterocycles. The second kappa shape index (κ2) is 9.18. The van der Waals surface area contributed by atoms with E-state index < -0.39 is 34.0 Å². The minimum atomic E-state index is -4.69. The number of benzene rings is 2. The lowest BCUT2D eigenvalue weighted by molar-refractivity contribution is -0.163. The highest BCUT2D eigenvalue weighted by molar-refractivity contribution is 7.90. The molecule has 0 aliphatic heterocycles. The normalized spacial score (nSPS) is 14.4. The number of nitrogens with two attached hydrogens (primary N) is 1. The molecule has 2 atom stereocenters. The van der Waals surface area contributed by atoms with Crippen LogP contribution in [0.15, 0.2) is 53.4 Å². The van der Waals surface area contributed by atoms with Gasteiger partial charge in [0, 0.05) is 6.26 Å². The van der Waals surface area contributed by atoms with E-state index in [4.69, 9.17) is 5.73 Å². The number of hydrogen-bond donors (Lipinski definition) is 2. The predicted octanol–water partition coefficient (Wildman–Crippen LogP) is 3.85. The Morgan fingerprint density at radius 1 is 1.00 bits per heavy atom. The molecule has 2 rings (SSSR count). The van der Waals surface area contributed by atoms with E-state index in [9.17, 15) is 26.4 Å². The van der Waals surface area contributed by atoms with Gasteiger partial charge < -0.3 is 11.1 Å². The molecule has 3 N–H and O–H groups in total. The highest BCUT2D eigenvalue weighted by Crippen LogP contribution is 2.34. The Morgan fingerprint density at radius 3 is 1.87 bits per heavy atom. The SMILES string of the molecule is CC(C)C[C@H](N)C(=O)N[C@@H](c1ccc(-c2ccc(S(C)(=O)=O)cc2)cc1)C(F)(F)F. The van der Waals surface area contributed by atoms with Gasteiger partial charge in [0.05, 0.1) is 10.9 Å². The number of alkyl halides is 3. The van der Waals surface area contributed by atoms with Gasteiger partial charge in [0.1, 0.15) is 0 Å². The number of nitrogens with one attached hydrogen (secondary N) is 1. The third-order valence-electron chi connectivity index (χ3n) is 4.54. The summed E-state index contributed by atoms with van der Waals surface area (Å²) < 4.78 is 63.8. The molecule has 5 nitrogen and oxygen atoms in total. The lowest BCUT2D eigenvalue weighted by Crippen LogP contribution is -2.46. The lowest BCUT2D eigenvalue weighted by atomic mass is 9.99. The fraction of sp³-hybridized carbons (Fsp3) is 0.381. The molecule has 0 heterocycles. The summed E-state index contributed by atoms with van der Waals surface area (Å²) in [5, 5.41) is 2.01. The van der Waals surface area contributed by atoms with Crippen LogP contribution >= 0.6 is 0 Å². The maximum Gasteiger partial charge on any atom is 0.412 e. The summed E-state index contributed by atoms with van der Waals surface area (Å²) >= 11 is 0. The van der Waals surface area contributed by atoms with Crippen LogP contribution in [0.1, 0.15) is 31.9 Å². The molecule has 2 aromatic carbocycles. The Labute approximate surface area is 174 Å². The maximum atomic E-state index is 13.6. The molecule has 0 fully saturated rings. The van der Waals surface area contributed by atoms with Crippen LogP contribution in [0.2, 0.25) is 0 Å². The van der Waals surface area contributed by atoms with E-state index in [0.29, 0.717) is 11.1 Å². The molecule has 0 saturated carbocycles. The van der Waals surface area contributed by atoms with Gasteiger partial charge in [0.25, 0.3) is 0 Å². The molecule has 0 spiro atoms. The fourth-order valence-electron chi connectivity index (χ4n) is 2.98. The lowest BCUT2D eigenvalue weighted by Gasteiger charge is -2.24. The zero-order chi connectivity index (χ0) is 22.7. The van der Waals surface area contributed by atoms with Gasteiger partial charge in [-0.05, 0) is 41.2 Å². The van der Waals surface area contributed by atoms with Crippen molar-refractivity contribution < 1.29 is 26.4 Å². The summed E-state index contributed by atoms with van der Waals surface area (Å²) in [4.78, 5) is 12.3. The van der Waals surface area contributed by atoms with Crippen LogP contribution in [0.5, 0.6) is 0 Å². The van der Waals surface area contributed by atoms with Gasteiger partial charge in [0.2, 0.25) is 5.91 Å². The van der Waals surface area contributed by atoms with Crippen molar-refractivity contribution in [1.82, 2.24) is 5.32 Å². The van der Waals surface area contributed by atoms with E-state index in [-0.39, 0.29) is 22.8 Å². The van der Waals surface area contributed by atoms with Crippen molar-refractivity contribution in [3.63, 3.8) is 0 Å². The average molecular weight is 443 g/mol. The summed E-state index contributed by atoms with van der Waals surface area (Å²) in [5.74, 6) is -0.782. The molecular weight excluding hydrogens is 417 g/mol. The van der Waals surface area contributed by atoms with Crippen molar-refractivity contribution in [3.05, 3.63) is 54.1 Å². The second-order valence-electron chi connectivity index (χ2n) is 7.64. The zero-order valence-electron chi connectivity index (χ0n) is 16.9. The highest BCUT2D eigenvalue weighted by Gasteiger charge is 2.42. The number of carbonyl (C=O) groups is 1. The van der Waals surface area contributed by atoms with Gasteiger partial charge in [-0.25, -0.2) is 8.42 Å². The number of sulfone groups is 1. The van der Waals surface area contributed by atoms with Gasteiger partial charge in [-0.1, -0.05) is 50.2 Å². The van der Waals surface area contributed by atoms with E-state index in [0.717, 1.165) is 6.26 Å². The molecule has 9 heteroatoms. The smallest absolute Gasteiger partial charge is 0.339 e. The van der Waals surface area contributed by atoms with Crippen LogP contribution < -0.4 is 11.1 Å². The zero-order valence-corrected chi connectivity index (χ0v) is 17.7. The quantitative estimate of drug-likeness (QED) is 0.682. The Bertz CT molecular complexity index is 970. The molecular formula is C21H25F3N2O3S. The first-order chi connectivity index (χ1) is 13.8. The monoisotopic (exact) mass is 442 g/mol. The van der Waals surface area contributed by atoms with Crippen LogP contribution in [0.3, 0.4) is 0 Å². The number of amides is 1. The number of carbonyl (C=O) groups excluding carboxylic acids is 1. The highest BCUT2D eigenvalue weighted by atomic mass is 32.2. The van der Waals surface area contributed by atoms with Crippen LogP contribution in [0, 0.1) is 5.92 Å². The molecule has 0 unspecified atom stereocenters. The molecule has 0 radical (unpaired) electrons. The number of halogens is 3. The third-order valence-corrected chi connectivity index (χ3v) is 5.66. The van der Waals surface area contributed by atoms with Gasteiger partial charge in [-0.3, -0.25) is 4.79 Å². The molecule has 164 valence electrons. The Balaban J connectivity index is 2.24. The molecule has 1 amide bonds. The summed E-state index contributed by atoms with van der Waals surface area (Å²) in [7, 11) is -3.34. The van der Waals surface area contributed by atoms with E-state index in [1.807, 2.05) is 19.2 Å². The average Bonchev–Trinajstić information content (AvgIpc) is 2.64. The molecule has 0 saturated heterocycles. The van der Waals surface area contributed by atoms with Gasteiger partial charge in [0.15, 0.2) is 15.9 Å². The van der Waals surface area contributed by atoms with Crippen molar-refractivity contribution in [3.8, 4) is 11.1 Å². The predicted molar refractivity (Wildman–Crippen MR) is 109 cm³/mol. The minimum Gasteiger partial charge on any atom is -0.339 e. The molecule has 30 heavy (non-hydrogen) atoms. The molecule has 0 bridgehead atoms. The first-order valence-electron chi connectivity index (χ1n) is 9.32. The summed E-state index contributed by atoms with van der Waals surface area (Å²) in [6.45, 7) is 3.66. The largest absolute Gasteiger partial charge is 0.412 e. The Kier molecular flexibility index (Phi) is 7.31. The van der Waals surface area contributed by atoms with E-state index in [2.05, 4.69) is 0 Å². The van der Waals surface area contributed by atoms with Gasteiger partial charge in [-0.2, -0.15) is 13.2 Å². The third kappa shape index (κ3) is 6.30. The molecule has 0 aliphatic carbocycles. The topological polar surface area (TPSA) is 89.3 Å². The minimum absolute atomic E-state index is 0.0726. The Morgan fingerprint density at radius 2 is 1.47 bits per heavy atom. The first-order valence-corrected chi connectivity index (χ1v) is 11.2. The summed E-state index contributed by atoms with van der Waals surface area (Å²) in [5.41, 5.74) is 6.85. The van der Waals surface area contributed by atoms with E-state index in [1.54, 1.807) is 12.1 Å². The van der Waals surface area contributed by atoms with Gasteiger partial charge >= 0.3 is 6.18 Å². The summed E-state index contributed by atoms with van der Waals surface area (Å²) in [6.07, 6.45) is -3.32. The molecule has 2 aromatic rings. The number of hydrogen-bond acceptors (Lipinski definition) is 4.